The summed E-state index contributed by atoms with van der Waals surface area (Å²) in [5.74, 6) is -3.91. The predicted molar refractivity (Wildman–Crippen MR) is 258 cm³/mol. The fraction of sp³-hybridized carbons (Fsp3) is 0.808. The zero-order chi connectivity index (χ0) is 56.3. The van der Waals surface area contributed by atoms with E-state index in [9.17, 15) is 47.9 Å². The van der Waals surface area contributed by atoms with Crippen LogP contribution in [0.15, 0.2) is 0 Å². The Balaban J connectivity index is 0.000000457. The van der Waals surface area contributed by atoms with E-state index in [1.807, 2.05) is 76.2 Å². The van der Waals surface area contributed by atoms with Crippen LogP contribution in [0, 0.1) is 33.0 Å². The zero-order valence-corrected chi connectivity index (χ0v) is 46.3. The summed E-state index contributed by atoms with van der Waals surface area (Å²) in [5, 5.41) is 0. The van der Waals surface area contributed by atoms with Gasteiger partial charge in [-0.25, -0.2) is 19.2 Å². The Labute approximate surface area is 430 Å². The fourth-order valence-electron chi connectivity index (χ4n) is 5.61. The minimum atomic E-state index is -0.927. The Morgan fingerprint density at radius 2 is 1.00 bits per heavy atom. The van der Waals surface area contributed by atoms with Crippen LogP contribution in [0.25, 0.3) is 0 Å². The summed E-state index contributed by atoms with van der Waals surface area (Å²) in [6, 6.07) is 0. The number of hydrogen-bond donors (Lipinski definition) is 0. The van der Waals surface area contributed by atoms with Crippen LogP contribution in [0.3, 0.4) is 0 Å². The van der Waals surface area contributed by atoms with Crippen LogP contribution in [0.4, 0.5) is 0 Å². The molecule has 0 spiro atoms. The highest BCUT2D eigenvalue weighted by atomic mass is 16.6. The van der Waals surface area contributed by atoms with Gasteiger partial charge in [0.05, 0.1) is 47.2 Å². The average molecular weight is 1050 g/mol. The molecule has 0 aromatic heterocycles. The molecule has 73 heavy (non-hydrogen) atoms. The predicted octanol–water partition coefficient (Wildman–Crippen LogP) is 6.28. The molecule has 0 aromatic rings. The molecule has 21 heteroatoms. The normalized spacial score (nSPS) is 23.5. The quantitative estimate of drug-likeness (QED) is 0.122. The lowest BCUT2D eigenvalue weighted by Crippen LogP contribution is -2.39. The van der Waals surface area contributed by atoms with E-state index >= 15 is 0 Å². The Kier molecular flexibility index (Phi) is 26.0. The van der Waals surface area contributed by atoms with Gasteiger partial charge in [0.2, 0.25) is 24.4 Å². The topological polar surface area (TPSA) is 272 Å². The summed E-state index contributed by atoms with van der Waals surface area (Å²) >= 11 is 0. The molecular weight excluding hydrogens is 961 g/mol. The molecule has 0 bridgehead atoms. The number of esters is 10. The molecular formula is C52H84O21. The van der Waals surface area contributed by atoms with Gasteiger partial charge in [-0.05, 0) is 87.5 Å². The SMILES string of the molecule is CCC(C)(C)C(=O)OC1C(=O)OCC1(C)C.CCC(C)(C)C(=O)OC1C(=O)OCC1OC.CCC(C)(C)C(=O)OC1CCOC1=O.CCC(C)(C)C(=O)OC1COC(=O)C1.CCC(C)C(=O)OC1CCOC1=O. The molecule has 0 radical (unpaired) electrons. The minimum Gasteiger partial charge on any atom is -0.463 e. The van der Waals surface area contributed by atoms with Gasteiger partial charge < -0.3 is 52.1 Å². The van der Waals surface area contributed by atoms with E-state index < -0.39 is 87.4 Å². The summed E-state index contributed by atoms with van der Waals surface area (Å²) in [7, 11) is 1.46. The summed E-state index contributed by atoms with van der Waals surface area (Å²) in [6.45, 7) is 30.8. The van der Waals surface area contributed by atoms with Crippen molar-refractivity contribution >= 4 is 59.7 Å². The highest BCUT2D eigenvalue weighted by Gasteiger charge is 2.48. The van der Waals surface area contributed by atoms with Crippen LogP contribution in [0.5, 0.6) is 0 Å². The summed E-state index contributed by atoms with van der Waals surface area (Å²) in [5.41, 5.74) is -2.59. The maximum atomic E-state index is 11.9. The average Bonchev–Trinajstić information content (AvgIpc) is 4.19. The number of cyclic esters (lactones) is 5. The number of ether oxygens (including phenoxy) is 11. The van der Waals surface area contributed by atoms with Crippen molar-refractivity contribution in [3.8, 4) is 0 Å². The Hall–Kier alpha value is -5.34. The van der Waals surface area contributed by atoms with Gasteiger partial charge in [-0.2, -0.15) is 0 Å². The first-order valence-corrected chi connectivity index (χ1v) is 25.1. The van der Waals surface area contributed by atoms with Crippen molar-refractivity contribution in [1.82, 2.24) is 0 Å². The van der Waals surface area contributed by atoms with E-state index in [-0.39, 0.29) is 61.5 Å². The van der Waals surface area contributed by atoms with E-state index in [4.69, 9.17) is 47.4 Å². The number of hydrogen-bond acceptors (Lipinski definition) is 21. The van der Waals surface area contributed by atoms with E-state index in [0.29, 0.717) is 58.3 Å². The van der Waals surface area contributed by atoms with Crippen LogP contribution in [0.2, 0.25) is 0 Å². The van der Waals surface area contributed by atoms with Crippen molar-refractivity contribution in [2.75, 3.05) is 40.1 Å². The molecule has 0 saturated carbocycles. The molecule has 0 aromatic carbocycles. The first kappa shape index (κ1) is 65.7. The van der Waals surface area contributed by atoms with Gasteiger partial charge in [-0.15, -0.1) is 0 Å². The number of carbonyl (C=O) groups excluding carboxylic acids is 10. The van der Waals surface area contributed by atoms with Crippen molar-refractivity contribution in [1.29, 1.82) is 0 Å². The lowest BCUT2D eigenvalue weighted by Gasteiger charge is -2.27. The minimum absolute atomic E-state index is 0.139. The number of methoxy groups -OCH3 is 1. The zero-order valence-electron chi connectivity index (χ0n) is 46.3. The molecule has 5 aliphatic rings. The molecule has 0 aliphatic carbocycles. The van der Waals surface area contributed by atoms with Gasteiger partial charge in [-0.3, -0.25) is 28.8 Å². The molecule has 5 aliphatic heterocycles. The molecule has 7 unspecified atom stereocenters. The van der Waals surface area contributed by atoms with E-state index in [1.165, 1.54) is 7.11 Å². The second kappa shape index (κ2) is 28.9. The molecule has 5 fully saturated rings. The van der Waals surface area contributed by atoms with E-state index in [0.717, 1.165) is 6.42 Å². The van der Waals surface area contributed by atoms with Crippen LogP contribution in [-0.2, 0) is 100 Å². The monoisotopic (exact) mass is 1040 g/mol. The highest BCUT2D eigenvalue weighted by molar-refractivity contribution is 5.85. The maximum absolute atomic E-state index is 11.9. The van der Waals surface area contributed by atoms with Gasteiger partial charge in [0.25, 0.3) is 0 Å². The third-order valence-electron chi connectivity index (χ3n) is 13.4. The Bertz CT molecular complexity index is 1910. The Morgan fingerprint density at radius 3 is 1.37 bits per heavy atom. The second-order valence-electron chi connectivity index (χ2n) is 21.5. The largest absolute Gasteiger partial charge is 0.463 e. The van der Waals surface area contributed by atoms with Crippen molar-refractivity contribution < 1.29 is 100 Å². The molecule has 0 N–H and O–H groups in total. The molecule has 5 heterocycles. The third kappa shape index (κ3) is 20.5. The highest BCUT2D eigenvalue weighted by Crippen LogP contribution is 2.34. The van der Waals surface area contributed by atoms with Crippen molar-refractivity contribution in [2.45, 2.75) is 199 Å². The molecule has 418 valence electrons. The van der Waals surface area contributed by atoms with Crippen LogP contribution < -0.4 is 0 Å². The smallest absolute Gasteiger partial charge is 0.350 e. The lowest BCUT2D eigenvalue weighted by molar-refractivity contribution is -0.170. The molecule has 0 amide bonds. The summed E-state index contributed by atoms with van der Waals surface area (Å²) in [6.07, 6.45) is 0.659. The number of rotatable bonds is 16. The van der Waals surface area contributed by atoms with Gasteiger partial charge in [-0.1, -0.05) is 55.4 Å². The van der Waals surface area contributed by atoms with Gasteiger partial charge in [0.15, 0.2) is 0 Å². The number of carbonyl (C=O) groups is 10. The van der Waals surface area contributed by atoms with Crippen LogP contribution in [-0.4, -0.2) is 136 Å². The van der Waals surface area contributed by atoms with Crippen LogP contribution >= 0.6 is 0 Å². The standard InChI is InChI=1S/C12H20O4.C11H18O5.2C10H16O4.C9H14O4/c1-6-11(2,3)10(14)16-8-9(13)15-7-12(8,4)5;1-5-11(2,3)10(13)16-8-7(14-4)6-15-9(8)12;1-4-10(2,3)9(12)14-7-5-8(11)13-6-7;1-4-10(2,3)9(12)14-7-5-6-13-8(7)11;1-3-6(2)8(10)13-7-4-5-12-9(7)11/h8H,6-7H2,1-5H3;7-8H,5-6H2,1-4H3;2*7H,4-6H2,1-3H3;6-7H,3-5H2,1-2H3. The molecule has 7 atom stereocenters. The fourth-order valence-corrected chi connectivity index (χ4v) is 5.61. The molecule has 21 nitrogen and oxygen atoms in total. The first-order chi connectivity index (χ1) is 33.7. The van der Waals surface area contributed by atoms with E-state index in [1.54, 1.807) is 34.6 Å². The van der Waals surface area contributed by atoms with Crippen LogP contribution in [0.1, 0.15) is 162 Å². The third-order valence-corrected chi connectivity index (χ3v) is 13.4. The van der Waals surface area contributed by atoms with Crippen molar-refractivity contribution in [3.63, 3.8) is 0 Å². The van der Waals surface area contributed by atoms with Crippen molar-refractivity contribution in [2.24, 2.45) is 33.0 Å². The second-order valence-corrected chi connectivity index (χ2v) is 21.5. The summed E-state index contributed by atoms with van der Waals surface area (Å²) in [4.78, 5) is 113. The Morgan fingerprint density at radius 1 is 0.562 bits per heavy atom. The maximum Gasteiger partial charge on any atom is 0.350 e. The molecule has 5 saturated heterocycles. The van der Waals surface area contributed by atoms with Gasteiger partial charge in [0.1, 0.15) is 32.0 Å². The van der Waals surface area contributed by atoms with Gasteiger partial charge in [0, 0.05) is 25.4 Å². The first-order valence-electron chi connectivity index (χ1n) is 25.1. The summed E-state index contributed by atoms with van der Waals surface area (Å²) < 4.78 is 54.4. The lowest BCUT2D eigenvalue weighted by atomic mass is 9.88. The molecule has 5 rings (SSSR count). The van der Waals surface area contributed by atoms with E-state index in [2.05, 4.69) is 4.74 Å². The van der Waals surface area contributed by atoms with Crippen molar-refractivity contribution in [3.05, 3.63) is 0 Å². The van der Waals surface area contributed by atoms with Gasteiger partial charge >= 0.3 is 59.7 Å².